The molecule has 2 fully saturated rings. The van der Waals surface area contributed by atoms with Crippen molar-refractivity contribution in [3.63, 3.8) is 0 Å². The Balaban J connectivity index is 1.22. The minimum atomic E-state index is 0.115. The second-order valence-corrected chi connectivity index (χ2v) is 8.91. The molecule has 0 bridgehead atoms. The summed E-state index contributed by atoms with van der Waals surface area (Å²) < 4.78 is 0. The zero-order valence-corrected chi connectivity index (χ0v) is 18.7. The summed E-state index contributed by atoms with van der Waals surface area (Å²) >= 11 is 0. The first kappa shape index (κ1) is 21.8. The molecular weight excluding hydrogens is 386 g/mol. The largest absolute Gasteiger partial charge is 0.356 e. The van der Waals surface area contributed by atoms with E-state index in [1.54, 1.807) is 0 Å². The molecule has 0 radical (unpaired) electrons. The maximum atomic E-state index is 12.6. The van der Waals surface area contributed by atoms with Crippen molar-refractivity contribution < 1.29 is 4.79 Å². The molecule has 2 aliphatic rings. The molecule has 31 heavy (non-hydrogen) atoms. The summed E-state index contributed by atoms with van der Waals surface area (Å²) in [6.45, 7) is 8.14. The highest BCUT2D eigenvalue weighted by molar-refractivity contribution is 5.79. The number of rotatable bonds is 7. The smallest absolute Gasteiger partial charge is 0.223 e. The van der Waals surface area contributed by atoms with Crippen LogP contribution in [0.1, 0.15) is 44.1 Å². The second kappa shape index (κ2) is 10.7. The highest BCUT2D eigenvalue weighted by atomic mass is 16.1. The Hall–Kier alpha value is -2.47. The predicted octanol–water partition coefficient (Wildman–Crippen LogP) is 3.66. The molecule has 4 rings (SSSR count). The van der Waals surface area contributed by atoms with Crippen LogP contribution in [0.4, 0.5) is 5.82 Å². The molecule has 3 heterocycles. The minimum Gasteiger partial charge on any atom is -0.356 e. The lowest BCUT2D eigenvalue weighted by Gasteiger charge is -2.32. The Morgan fingerprint density at radius 3 is 2.52 bits per heavy atom. The summed E-state index contributed by atoms with van der Waals surface area (Å²) in [5, 5.41) is 3.17. The lowest BCUT2D eigenvalue weighted by Crippen LogP contribution is -2.41. The molecule has 1 N–H and O–H groups in total. The highest BCUT2D eigenvalue weighted by Crippen LogP contribution is 2.24. The van der Waals surface area contributed by atoms with Gasteiger partial charge < -0.3 is 15.1 Å². The molecule has 0 spiro atoms. The molecule has 6 nitrogen and oxygen atoms in total. The number of nitrogens with zero attached hydrogens (tertiary/aromatic N) is 4. The normalized spacial score (nSPS) is 18.2. The van der Waals surface area contributed by atoms with Gasteiger partial charge in [0, 0.05) is 37.3 Å². The monoisotopic (exact) mass is 421 g/mol. The maximum absolute atomic E-state index is 12.6. The van der Waals surface area contributed by atoms with Crippen molar-refractivity contribution in [1.29, 1.82) is 0 Å². The summed E-state index contributed by atoms with van der Waals surface area (Å²) in [6.07, 6.45) is 8.65. The van der Waals surface area contributed by atoms with Crippen LogP contribution in [0.5, 0.6) is 0 Å². The number of carbonyl (C=O) groups is 1. The Morgan fingerprint density at radius 1 is 1.03 bits per heavy atom. The lowest BCUT2D eigenvalue weighted by molar-refractivity contribution is -0.125. The van der Waals surface area contributed by atoms with Crippen molar-refractivity contribution in [2.24, 2.45) is 5.92 Å². The van der Waals surface area contributed by atoms with E-state index >= 15 is 0 Å². The van der Waals surface area contributed by atoms with Gasteiger partial charge in [0.15, 0.2) is 5.82 Å². The van der Waals surface area contributed by atoms with Crippen molar-refractivity contribution in [3.05, 3.63) is 42.1 Å². The van der Waals surface area contributed by atoms with Gasteiger partial charge in [0.05, 0.1) is 0 Å². The fraction of sp³-hybridized carbons (Fsp3) is 0.560. The zero-order chi connectivity index (χ0) is 21.5. The van der Waals surface area contributed by atoms with Crippen LogP contribution in [-0.4, -0.2) is 60.0 Å². The standard InChI is InChI=1S/C25H35N5O/c1-20-6-8-21(9-7-20)24-26-14-10-23(28-24)30-18-11-22(12-19-30)25(31)27-13-5-17-29-15-3-2-4-16-29/h6-10,14,22H,2-5,11-13,15-19H2,1H3,(H,27,31). The van der Waals surface area contributed by atoms with Crippen LogP contribution < -0.4 is 10.2 Å². The van der Waals surface area contributed by atoms with Crippen LogP contribution in [-0.2, 0) is 4.79 Å². The molecular formula is C25H35N5O. The van der Waals surface area contributed by atoms with Gasteiger partial charge in [-0.15, -0.1) is 0 Å². The van der Waals surface area contributed by atoms with E-state index in [1.165, 1.54) is 37.9 Å². The Bertz CT molecular complexity index is 839. The average molecular weight is 422 g/mol. The van der Waals surface area contributed by atoms with Gasteiger partial charge in [-0.25, -0.2) is 9.97 Å². The number of nitrogens with one attached hydrogen (secondary N) is 1. The van der Waals surface area contributed by atoms with Crippen molar-refractivity contribution >= 4 is 11.7 Å². The molecule has 2 saturated heterocycles. The van der Waals surface area contributed by atoms with E-state index < -0.39 is 0 Å². The average Bonchev–Trinajstić information content (AvgIpc) is 2.83. The molecule has 2 aromatic rings. The van der Waals surface area contributed by atoms with Crippen LogP contribution >= 0.6 is 0 Å². The molecule has 0 unspecified atom stereocenters. The molecule has 1 amide bonds. The summed E-state index contributed by atoms with van der Waals surface area (Å²) in [6, 6.07) is 10.3. The summed E-state index contributed by atoms with van der Waals surface area (Å²) in [5.74, 6) is 2.04. The summed E-state index contributed by atoms with van der Waals surface area (Å²) in [7, 11) is 0. The number of carbonyl (C=O) groups excluding carboxylic acids is 1. The van der Waals surface area contributed by atoms with Crippen molar-refractivity contribution in [2.45, 2.75) is 45.4 Å². The van der Waals surface area contributed by atoms with Gasteiger partial charge in [-0.05, 0) is 64.7 Å². The molecule has 1 aromatic heterocycles. The first-order valence-electron chi connectivity index (χ1n) is 11.8. The fourth-order valence-corrected chi connectivity index (χ4v) is 4.58. The third-order valence-corrected chi connectivity index (χ3v) is 6.54. The number of piperidine rings is 2. The Kier molecular flexibility index (Phi) is 7.52. The number of anilines is 1. The number of aromatic nitrogens is 2. The topological polar surface area (TPSA) is 61.4 Å². The van der Waals surface area contributed by atoms with Gasteiger partial charge in [0.1, 0.15) is 5.82 Å². The SMILES string of the molecule is Cc1ccc(-c2nccc(N3CCC(C(=O)NCCCN4CCCCC4)CC3)n2)cc1. The fourth-order valence-electron chi connectivity index (χ4n) is 4.58. The Labute approximate surface area is 186 Å². The maximum Gasteiger partial charge on any atom is 0.223 e. The second-order valence-electron chi connectivity index (χ2n) is 8.91. The predicted molar refractivity (Wildman–Crippen MR) is 125 cm³/mol. The lowest BCUT2D eigenvalue weighted by atomic mass is 9.96. The molecule has 6 heteroatoms. The van der Waals surface area contributed by atoms with Crippen molar-refractivity contribution in [1.82, 2.24) is 20.2 Å². The quantitative estimate of drug-likeness (QED) is 0.692. The molecule has 0 aliphatic carbocycles. The van der Waals surface area contributed by atoms with Gasteiger partial charge in [-0.1, -0.05) is 36.2 Å². The van der Waals surface area contributed by atoms with Crippen LogP contribution in [0, 0.1) is 12.8 Å². The van der Waals surface area contributed by atoms with Crippen LogP contribution in [0.15, 0.2) is 36.5 Å². The van der Waals surface area contributed by atoms with E-state index in [0.717, 1.165) is 62.6 Å². The summed E-state index contributed by atoms with van der Waals surface area (Å²) in [5.41, 5.74) is 2.26. The van der Waals surface area contributed by atoms with Crippen LogP contribution in [0.3, 0.4) is 0 Å². The van der Waals surface area contributed by atoms with E-state index in [4.69, 9.17) is 4.98 Å². The first-order chi connectivity index (χ1) is 15.2. The van der Waals surface area contributed by atoms with E-state index in [9.17, 15) is 4.79 Å². The third-order valence-electron chi connectivity index (χ3n) is 6.54. The van der Waals surface area contributed by atoms with E-state index in [2.05, 4.69) is 51.3 Å². The van der Waals surface area contributed by atoms with E-state index in [1.807, 2.05) is 12.3 Å². The highest BCUT2D eigenvalue weighted by Gasteiger charge is 2.25. The molecule has 166 valence electrons. The first-order valence-corrected chi connectivity index (χ1v) is 11.8. The van der Waals surface area contributed by atoms with Crippen LogP contribution in [0.2, 0.25) is 0 Å². The van der Waals surface area contributed by atoms with Gasteiger partial charge in [-0.2, -0.15) is 0 Å². The number of hydrogen-bond acceptors (Lipinski definition) is 5. The van der Waals surface area contributed by atoms with Gasteiger partial charge in [0.2, 0.25) is 5.91 Å². The number of likely N-dealkylation sites (tertiary alicyclic amines) is 1. The minimum absolute atomic E-state index is 0.115. The zero-order valence-electron chi connectivity index (χ0n) is 18.7. The van der Waals surface area contributed by atoms with Gasteiger partial charge in [-0.3, -0.25) is 4.79 Å². The van der Waals surface area contributed by atoms with Crippen LogP contribution in [0.25, 0.3) is 11.4 Å². The Morgan fingerprint density at radius 2 is 1.77 bits per heavy atom. The third kappa shape index (κ3) is 6.03. The molecule has 0 atom stereocenters. The van der Waals surface area contributed by atoms with Gasteiger partial charge >= 0.3 is 0 Å². The van der Waals surface area contributed by atoms with Crippen molar-refractivity contribution in [2.75, 3.05) is 44.2 Å². The van der Waals surface area contributed by atoms with E-state index in [0.29, 0.717) is 0 Å². The molecule has 0 saturated carbocycles. The number of benzene rings is 1. The number of aryl methyl sites for hydroxylation is 1. The number of hydrogen-bond donors (Lipinski definition) is 1. The molecule has 2 aliphatic heterocycles. The van der Waals surface area contributed by atoms with Crippen molar-refractivity contribution in [3.8, 4) is 11.4 Å². The van der Waals surface area contributed by atoms with Gasteiger partial charge in [0.25, 0.3) is 0 Å². The molecule has 1 aromatic carbocycles. The summed E-state index contributed by atoms with van der Waals surface area (Å²) in [4.78, 5) is 26.6. The van der Waals surface area contributed by atoms with E-state index in [-0.39, 0.29) is 11.8 Å². The number of amides is 1.